The fraction of sp³-hybridized carbons (Fsp3) is 0.385. The number of carbonyl (C=O) groups excluding carboxylic acids is 1. The normalized spacial score (nSPS) is 14.0. The Morgan fingerprint density at radius 1 is 1.37 bits per heavy atom. The van der Waals surface area contributed by atoms with Crippen LogP contribution < -0.4 is 14.8 Å². The molecule has 2 N–H and O–H groups in total. The van der Waals surface area contributed by atoms with Crippen LogP contribution in [0, 0.1) is 12.8 Å². The molecule has 1 amide bonds. The first-order chi connectivity index (χ1) is 8.97. The number of benzene rings is 1. The number of carboxylic acids is 1. The molecule has 1 heterocycles. The van der Waals surface area contributed by atoms with Crippen molar-refractivity contribution in [2.45, 2.75) is 20.3 Å². The number of aliphatic carboxylic acids is 1. The minimum atomic E-state index is -0.988. The molecule has 1 aromatic carbocycles. The first-order valence-electron chi connectivity index (χ1n) is 5.90. The second-order valence-electron chi connectivity index (χ2n) is 4.51. The summed E-state index contributed by atoms with van der Waals surface area (Å²) in [5.74, 6) is -0.815. The number of rotatable bonds is 4. The van der Waals surface area contributed by atoms with Crippen LogP contribution in [-0.2, 0) is 9.59 Å². The predicted octanol–water partition coefficient (Wildman–Crippen LogP) is 1.77. The van der Waals surface area contributed by atoms with Gasteiger partial charge >= 0.3 is 5.97 Å². The summed E-state index contributed by atoms with van der Waals surface area (Å²) in [5, 5.41) is 11.4. The number of hydrogen-bond acceptors (Lipinski definition) is 4. The van der Waals surface area contributed by atoms with Gasteiger partial charge in [-0.25, -0.2) is 0 Å². The minimum Gasteiger partial charge on any atom is -0.481 e. The summed E-state index contributed by atoms with van der Waals surface area (Å²) in [6, 6.07) is 3.46. The highest BCUT2D eigenvalue weighted by Crippen LogP contribution is 2.36. The highest BCUT2D eigenvalue weighted by Gasteiger charge is 2.19. The van der Waals surface area contributed by atoms with Gasteiger partial charge in [0, 0.05) is 18.2 Å². The van der Waals surface area contributed by atoms with Gasteiger partial charge in [0.05, 0.1) is 5.92 Å². The van der Waals surface area contributed by atoms with Gasteiger partial charge in [-0.1, -0.05) is 6.92 Å². The molecule has 1 unspecified atom stereocenters. The van der Waals surface area contributed by atoms with Crippen molar-refractivity contribution < 1.29 is 24.2 Å². The maximum absolute atomic E-state index is 11.7. The monoisotopic (exact) mass is 265 g/mol. The van der Waals surface area contributed by atoms with E-state index in [0.29, 0.717) is 17.2 Å². The van der Waals surface area contributed by atoms with E-state index in [1.807, 2.05) is 6.92 Å². The van der Waals surface area contributed by atoms with Crippen LogP contribution in [0.1, 0.15) is 18.9 Å². The molecule has 0 radical (unpaired) electrons. The zero-order chi connectivity index (χ0) is 14.0. The first kappa shape index (κ1) is 13.2. The lowest BCUT2D eigenvalue weighted by Crippen LogP contribution is -2.20. The van der Waals surface area contributed by atoms with Crippen LogP contribution in [0.4, 0.5) is 5.69 Å². The number of hydrogen-bond donors (Lipinski definition) is 2. The second kappa shape index (κ2) is 5.17. The molecule has 0 saturated heterocycles. The molecule has 0 bridgehead atoms. The van der Waals surface area contributed by atoms with Gasteiger partial charge in [-0.3, -0.25) is 9.59 Å². The number of ether oxygens (including phenoxy) is 2. The average molecular weight is 265 g/mol. The van der Waals surface area contributed by atoms with E-state index in [0.717, 1.165) is 5.56 Å². The van der Waals surface area contributed by atoms with Crippen molar-refractivity contribution in [2.24, 2.45) is 5.92 Å². The number of fused-ring (bicyclic) bond motifs is 1. The van der Waals surface area contributed by atoms with Gasteiger partial charge in [-0.15, -0.1) is 0 Å². The maximum Gasteiger partial charge on any atom is 0.306 e. The fourth-order valence-electron chi connectivity index (χ4n) is 1.74. The molecule has 1 aromatic rings. The largest absolute Gasteiger partial charge is 0.481 e. The van der Waals surface area contributed by atoms with Gasteiger partial charge in [-0.2, -0.15) is 0 Å². The zero-order valence-electron chi connectivity index (χ0n) is 10.7. The molecule has 0 spiro atoms. The van der Waals surface area contributed by atoms with Gasteiger partial charge < -0.3 is 19.9 Å². The Morgan fingerprint density at radius 2 is 2.00 bits per heavy atom. The molecule has 6 heteroatoms. The average Bonchev–Trinajstić information content (AvgIpc) is 2.76. The molecular formula is C13H15NO5. The molecule has 0 aromatic heterocycles. The van der Waals surface area contributed by atoms with Crippen molar-refractivity contribution in [3.8, 4) is 11.5 Å². The molecular weight excluding hydrogens is 250 g/mol. The fourth-order valence-corrected chi connectivity index (χ4v) is 1.74. The van der Waals surface area contributed by atoms with Crippen molar-refractivity contribution in [3.63, 3.8) is 0 Å². The van der Waals surface area contributed by atoms with Crippen LogP contribution in [0.2, 0.25) is 0 Å². The number of amides is 1. The molecule has 0 saturated carbocycles. The third kappa shape index (κ3) is 2.96. The number of carbonyl (C=O) groups is 2. The van der Waals surface area contributed by atoms with E-state index in [4.69, 9.17) is 14.6 Å². The summed E-state index contributed by atoms with van der Waals surface area (Å²) < 4.78 is 10.4. The van der Waals surface area contributed by atoms with Crippen LogP contribution in [0.5, 0.6) is 11.5 Å². The van der Waals surface area contributed by atoms with Gasteiger partial charge in [-0.05, 0) is 18.6 Å². The quantitative estimate of drug-likeness (QED) is 0.866. The van der Waals surface area contributed by atoms with E-state index in [2.05, 4.69) is 5.32 Å². The molecule has 0 fully saturated rings. The summed E-state index contributed by atoms with van der Waals surface area (Å²) in [6.45, 7) is 3.49. The summed E-state index contributed by atoms with van der Waals surface area (Å²) in [5.41, 5.74) is 1.44. The van der Waals surface area contributed by atoms with E-state index in [-0.39, 0.29) is 19.1 Å². The smallest absolute Gasteiger partial charge is 0.306 e. The van der Waals surface area contributed by atoms with Crippen molar-refractivity contribution in [3.05, 3.63) is 17.7 Å². The summed E-state index contributed by atoms with van der Waals surface area (Å²) in [6.07, 6.45) is -0.0663. The lowest BCUT2D eigenvalue weighted by molar-refractivity contribution is -0.142. The lowest BCUT2D eigenvalue weighted by atomic mass is 10.1. The Balaban J connectivity index is 2.07. The van der Waals surface area contributed by atoms with E-state index in [1.54, 1.807) is 12.1 Å². The molecule has 102 valence electrons. The molecule has 1 aliphatic rings. The first-order valence-corrected chi connectivity index (χ1v) is 5.90. The SMILES string of the molecule is Cc1cc2c(cc1NC(=O)CC(C)C(=O)O)OCO2. The van der Waals surface area contributed by atoms with Crippen molar-refractivity contribution >= 4 is 17.6 Å². The van der Waals surface area contributed by atoms with Crippen molar-refractivity contribution in [2.75, 3.05) is 12.1 Å². The second-order valence-corrected chi connectivity index (χ2v) is 4.51. The van der Waals surface area contributed by atoms with Crippen LogP contribution >= 0.6 is 0 Å². The third-order valence-corrected chi connectivity index (χ3v) is 2.91. The van der Waals surface area contributed by atoms with Gasteiger partial charge in [0.1, 0.15) is 0 Å². The molecule has 6 nitrogen and oxygen atoms in total. The highest BCUT2D eigenvalue weighted by molar-refractivity contribution is 5.94. The molecule has 1 atom stereocenters. The van der Waals surface area contributed by atoms with Crippen LogP contribution in [0.15, 0.2) is 12.1 Å². The summed E-state index contributed by atoms with van der Waals surface area (Å²) in [4.78, 5) is 22.4. The summed E-state index contributed by atoms with van der Waals surface area (Å²) >= 11 is 0. The Hall–Kier alpha value is -2.24. The predicted molar refractivity (Wildman–Crippen MR) is 67.3 cm³/mol. The van der Waals surface area contributed by atoms with Crippen LogP contribution in [0.3, 0.4) is 0 Å². The van der Waals surface area contributed by atoms with Gasteiger partial charge in [0.15, 0.2) is 11.5 Å². The molecule has 1 aliphatic heterocycles. The topological polar surface area (TPSA) is 84.9 Å². The van der Waals surface area contributed by atoms with Crippen LogP contribution in [-0.4, -0.2) is 23.8 Å². The van der Waals surface area contributed by atoms with E-state index in [1.165, 1.54) is 6.92 Å². The number of carboxylic acid groups (broad SMARTS) is 1. The minimum absolute atomic E-state index is 0.0663. The van der Waals surface area contributed by atoms with Gasteiger partial charge in [0.25, 0.3) is 0 Å². The van der Waals surface area contributed by atoms with Crippen molar-refractivity contribution in [1.29, 1.82) is 0 Å². The zero-order valence-corrected chi connectivity index (χ0v) is 10.7. The molecule has 19 heavy (non-hydrogen) atoms. The van der Waals surface area contributed by atoms with E-state index < -0.39 is 11.9 Å². The van der Waals surface area contributed by atoms with E-state index in [9.17, 15) is 9.59 Å². The molecule has 2 rings (SSSR count). The Labute approximate surface area is 110 Å². The third-order valence-electron chi connectivity index (χ3n) is 2.91. The Morgan fingerprint density at radius 3 is 2.63 bits per heavy atom. The number of aryl methyl sites for hydroxylation is 1. The Kier molecular flexibility index (Phi) is 3.59. The molecule has 0 aliphatic carbocycles. The number of anilines is 1. The van der Waals surface area contributed by atoms with Crippen LogP contribution in [0.25, 0.3) is 0 Å². The maximum atomic E-state index is 11.7. The van der Waals surface area contributed by atoms with Crippen molar-refractivity contribution in [1.82, 2.24) is 0 Å². The highest BCUT2D eigenvalue weighted by atomic mass is 16.7. The van der Waals surface area contributed by atoms with E-state index >= 15 is 0 Å². The Bertz CT molecular complexity index is 526. The summed E-state index contributed by atoms with van der Waals surface area (Å²) in [7, 11) is 0. The lowest BCUT2D eigenvalue weighted by Gasteiger charge is -2.11. The van der Waals surface area contributed by atoms with Gasteiger partial charge in [0.2, 0.25) is 12.7 Å². The number of nitrogens with one attached hydrogen (secondary N) is 1. The standard InChI is InChI=1S/C13H15NO5/c1-7-3-10-11(19-6-18-10)5-9(7)14-12(15)4-8(2)13(16)17/h3,5,8H,4,6H2,1-2H3,(H,14,15)(H,16,17).